The lowest BCUT2D eigenvalue weighted by molar-refractivity contribution is -0.122. The maximum absolute atomic E-state index is 12.0. The maximum Gasteiger partial charge on any atom is 0.251 e. The van der Waals surface area contributed by atoms with Crippen LogP contribution in [0.5, 0.6) is 0 Å². The highest BCUT2D eigenvalue weighted by atomic mass is 16.2. The molecule has 0 aromatic heterocycles. The number of rotatable bonds is 12. The number of benzene rings is 1. The van der Waals surface area contributed by atoms with E-state index in [0.29, 0.717) is 31.6 Å². The van der Waals surface area contributed by atoms with Crippen LogP contribution in [0.1, 0.15) is 61.4 Å². The zero-order valence-electron chi connectivity index (χ0n) is 15.2. The zero-order valence-corrected chi connectivity index (χ0v) is 15.2. The first kappa shape index (κ1) is 21.1. The van der Waals surface area contributed by atoms with Gasteiger partial charge in [-0.15, -0.1) is 0 Å². The number of hydrogen-bond acceptors (Lipinski definition) is 4. The molecule has 0 spiro atoms. The van der Waals surface area contributed by atoms with E-state index in [2.05, 4.69) is 17.6 Å². The molecule has 6 heteroatoms. The summed E-state index contributed by atoms with van der Waals surface area (Å²) in [5.41, 5.74) is 13.0. The van der Waals surface area contributed by atoms with Crippen LogP contribution in [0.3, 0.4) is 0 Å². The van der Waals surface area contributed by atoms with E-state index in [1.807, 2.05) is 12.1 Å². The van der Waals surface area contributed by atoms with Gasteiger partial charge in [0.25, 0.3) is 5.91 Å². The summed E-state index contributed by atoms with van der Waals surface area (Å²) in [6, 6.07) is 6.79. The molecule has 0 unspecified atom stereocenters. The monoisotopic (exact) mass is 348 g/mol. The minimum Gasteiger partial charge on any atom is -0.355 e. The summed E-state index contributed by atoms with van der Waals surface area (Å²) in [6.45, 7) is 3.86. The van der Waals surface area contributed by atoms with Crippen molar-refractivity contribution >= 4 is 11.8 Å². The topological polar surface area (TPSA) is 110 Å². The minimum atomic E-state index is -0.471. The molecule has 0 fully saturated rings. The van der Waals surface area contributed by atoms with Gasteiger partial charge >= 0.3 is 0 Å². The van der Waals surface area contributed by atoms with Crippen LogP contribution in [-0.4, -0.2) is 30.9 Å². The van der Waals surface area contributed by atoms with Crippen molar-refractivity contribution in [2.24, 2.45) is 11.5 Å². The Bertz CT molecular complexity index is 517. The predicted molar refractivity (Wildman–Crippen MR) is 101 cm³/mol. The van der Waals surface area contributed by atoms with E-state index < -0.39 is 6.04 Å². The van der Waals surface area contributed by atoms with Crippen LogP contribution in [0.4, 0.5) is 0 Å². The summed E-state index contributed by atoms with van der Waals surface area (Å²) < 4.78 is 0. The van der Waals surface area contributed by atoms with Crippen molar-refractivity contribution in [3.63, 3.8) is 0 Å². The highest BCUT2D eigenvalue weighted by molar-refractivity contribution is 5.94. The van der Waals surface area contributed by atoms with Gasteiger partial charge in [-0.1, -0.05) is 31.9 Å². The number of hydrogen-bond donors (Lipinski definition) is 4. The quantitative estimate of drug-likeness (QED) is 0.431. The smallest absolute Gasteiger partial charge is 0.251 e. The van der Waals surface area contributed by atoms with Gasteiger partial charge in [-0.2, -0.15) is 0 Å². The molecule has 0 aliphatic rings. The highest BCUT2D eigenvalue weighted by Crippen LogP contribution is 2.04. The summed E-state index contributed by atoms with van der Waals surface area (Å²) in [7, 11) is 0. The third-order valence-corrected chi connectivity index (χ3v) is 4.10. The molecule has 1 aromatic rings. The average molecular weight is 348 g/mol. The van der Waals surface area contributed by atoms with E-state index in [9.17, 15) is 9.59 Å². The van der Waals surface area contributed by atoms with E-state index in [1.54, 1.807) is 12.1 Å². The Morgan fingerprint density at radius 2 is 1.64 bits per heavy atom. The maximum atomic E-state index is 12.0. The number of nitrogens with one attached hydrogen (secondary N) is 2. The molecule has 2 amide bonds. The van der Waals surface area contributed by atoms with Crippen LogP contribution in [0.25, 0.3) is 0 Å². The van der Waals surface area contributed by atoms with Crippen molar-refractivity contribution in [2.75, 3.05) is 13.1 Å². The standard InChI is InChI=1S/C19H32N4O2/c1-2-3-5-12-23-19(25)17(21)7-4-6-13-22-18(24)16-10-8-15(14-20)9-11-16/h8-11,17H,2-7,12-14,20-21H2,1H3,(H,22,24)(H,23,25)/t17-/m1/s1. The second-order valence-corrected chi connectivity index (χ2v) is 6.26. The number of nitrogens with two attached hydrogens (primary N) is 2. The Balaban J connectivity index is 2.13. The van der Waals surface area contributed by atoms with Crippen LogP contribution < -0.4 is 22.1 Å². The van der Waals surface area contributed by atoms with Crippen molar-refractivity contribution in [2.45, 2.75) is 58.0 Å². The summed E-state index contributed by atoms with van der Waals surface area (Å²) in [4.78, 5) is 23.8. The first-order valence-electron chi connectivity index (χ1n) is 9.19. The largest absolute Gasteiger partial charge is 0.355 e. The minimum absolute atomic E-state index is 0.0832. The molecule has 0 aliphatic heterocycles. The molecule has 6 nitrogen and oxygen atoms in total. The second-order valence-electron chi connectivity index (χ2n) is 6.26. The molecular formula is C19H32N4O2. The second kappa shape index (κ2) is 12.4. The van der Waals surface area contributed by atoms with Crippen molar-refractivity contribution in [3.05, 3.63) is 35.4 Å². The fraction of sp³-hybridized carbons (Fsp3) is 0.579. The third-order valence-electron chi connectivity index (χ3n) is 4.10. The van der Waals surface area contributed by atoms with Crippen LogP contribution in [0, 0.1) is 0 Å². The normalized spacial score (nSPS) is 11.8. The molecule has 0 saturated carbocycles. The van der Waals surface area contributed by atoms with Gasteiger partial charge in [0.2, 0.25) is 5.91 Å². The van der Waals surface area contributed by atoms with Gasteiger partial charge in [-0.3, -0.25) is 9.59 Å². The van der Waals surface area contributed by atoms with Crippen molar-refractivity contribution in [3.8, 4) is 0 Å². The van der Waals surface area contributed by atoms with Crippen molar-refractivity contribution in [1.29, 1.82) is 0 Å². The molecule has 1 atom stereocenters. The summed E-state index contributed by atoms with van der Waals surface area (Å²) >= 11 is 0. The first-order valence-corrected chi connectivity index (χ1v) is 9.19. The first-order chi connectivity index (χ1) is 12.1. The van der Waals surface area contributed by atoms with E-state index in [-0.39, 0.29) is 11.8 Å². The van der Waals surface area contributed by atoms with Gasteiger partial charge in [0.1, 0.15) is 0 Å². The Kier molecular flexibility index (Phi) is 10.5. The molecule has 1 aromatic carbocycles. The van der Waals surface area contributed by atoms with Gasteiger partial charge in [-0.05, 0) is 43.4 Å². The van der Waals surface area contributed by atoms with Crippen molar-refractivity contribution < 1.29 is 9.59 Å². The van der Waals surface area contributed by atoms with Crippen LogP contribution in [-0.2, 0) is 11.3 Å². The van der Waals surface area contributed by atoms with Gasteiger partial charge in [0.05, 0.1) is 6.04 Å². The molecule has 25 heavy (non-hydrogen) atoms. The average Bonchev–Trinajstić information content (AvgIpc) is 2.64. The lowest BCUT2D eigenvalue weighted by Crippen LogP contribution is -2.41. The lowest BCUT2D eigenvalue weighted by atomic mass is 10.1. The van der Waals surface area contributed by atoms with E-state index in [4.69, 9.17) is 11.5 Å². The number of unbranched alkanes of at least 4 members (excludes halogenated alkanes) is 3. The third kappa shape index (κ3) is 8.65. The molecule has 140 valence electrons. The molecular weight excluding hydrogens is 316 g/mol. The SMILES string of the molecule is CCCCCNC(=O)[C@H](N)CCCCNC(=O)c1ccc(CN)cc1. The van der Waals surface area contributed by atoms with Crippen LogP contribution in [0.15, 0.2) is 24.3 Å². The van der Waals surface area contributed by atoms with Crippen LogP contribution >= 0.6 is 0 Å². The summed E-state index contributed by atoms with van der Waals surface area (Å²) in [5.74, 6) is -0.179. The number of carbonyl (C=O) groups is 2. The molecule has 0 heterocycles. The molecule has 6 N–H and O–H groups in total. The fourth-order valence-electron chi connectivity index (χ4n) is 2.43. The molecule has 0 saturated heterocycles. The summed E-state index contributed by atoms with van der Waals surface area (Å²) in [6.07, 6.45) is 5.46. The van der Waals surface area contributed by atoms with Crippen LogP contribution in [0.2, 0.25) is 0 Å². The zero-order chi connectivity index (χ0) is 18.5. The van der Waals surface area contributed by atoms with E-state index in [1.165, 1.54) is 0 Å². The Morgan fingerprint density at radius 1 is 1.00 bits per heavy atom. The molecule has 0 aliphatic carbocycles. The van der Waals surface area contributed by atoms with Gasteiger partial charge < -0.3 is 22.1 Å². The van der Waals surface area contributed by atoms with E-state index in [0.717, 1.165) is 37.7 Å². The van der Waals surface area contributed by atoms with Crippen molar-refractivity contribution in [1.82, 2.24) is 10.6 Å². The Labute approximate surface area is 150 Å². The fourth-order valence-corrected chi connectivity index (χ4v) is 2.43. The number of carbonyl (C=O) groups excluding carboxylic acids is 2. The molecule has 1 rings (SSSR count). The Hall–Kier alpha value is -1.92. The highest BCUT2D eigenvalue weighted by Gasteiger charge is 2.12. The number of amides is 2. The van der Waals surface area contributed by atoms with Gasteiger partial charge in [-0.25, -0.2) is 0 Å². The summed E-state index contributed by atoms with van der Waals surface area (Å²) in [5, 5.41) is 5.74. The molecule has 0 bridgehead atoms. The molecule has 0 radical (unpaired) electrons. The van der Waals surface area contributed by atoms with Gasteiger partial charge in [0.15, 0.2) is 0 Å². The lowest BCUT2D eigenvalue weighted by Gasteiger charge is -2.12. The predicted octanol–water partition coefficient (Wildman–Crippen LogP) is 1.68. The van der Waals surface area contributed by atoms with Gasteiger partial charge in [0, 0.05) is 25.2 Å². The Morgan fingerprint density at radius 3 is 2.28 bits per heavy atom. The van der Waals surface area contributed by atoms with E-state index >= 15 is 0 Å².